The van der Waals surface area contributed by atoms with E-state index in [1.165, 1.54) is 13.2 Å². The van der Waals surface area contributed by atoms with Crippen LogP contribution in [0.2, 0.25) is 10.0 Å². The van der Waals surface area contributed by atoms with Crippen molar-refractivity contribution < 1.29 is 14.3 Å². The monoisotopic (exact) mass is 382 g/mol. The number of ether oxygens (including phenoxy) is 1. The van der Waals surface area contributed by atoms with E-state index < -0.39 is 11.9 Å². The number of benzene rings is 2. The highest BCUT2D eigenvalue weighted by Crippen LogP contribution is 2.25. The van der Waals surface area contributed by atoms with Crippen molar-refractivity contribution in [1.82, 2.24) is 5.32 Å². The lowest BCUT2D eigenvalue weighted by Crippen LogP contribution is -2.34. The van der Waals surface area contributed by atoms with E-state index in [1.807, 2.05) is 0 Å². The Kier molecular flexibility index (Phi) is 6.14. The highest BCUT2D eigenvalue weighted by molar-refractivity contribution is 7.80. The highest BCUT2D eigenvalue weighted by atomic mass is 35.5. The van der Waals surface area contributed by atoms with Gasteiger partial charge in [-0.25, -0.2) is 4.79 Å². The van der Waals surface area contributed by atoms with Crippen molar-refractivity contribution in [3.8, 4) is 0 Å². The van der Waals surface area contributed by atoms with Gasteiger partial charge >= 0.3 is 5.97 Å². The molecule has 0 bridgehead atoms. The van der Waals surface area contributed by atoms with Crippen LogP contribution >= 0.6 is 35.4 Å². The molecule has 0 saturated carbocycles. The van der Waals surface area contributed by atoms with Crippen molar-refractivity contribution in [3.05, 3.63) is 63.6 Å². The predicted molar refractivity (Wildman–Crippen MR) is 97.9 cm³/mol. The minimum absolute atomic E-state index is 0.0627. The van der Waals surface area contributed by atoms with Gasteiger partial charge in [0.25, 0.3) is 5.91 Å². The van der Waals surface area contributed by atoms with E-state index in [2.05, 4.69) is 15.4 Å². The maximum Gasteiger partial charge on any atom is 0.337 e. The maximum absolute atomic E-state index is 12.2. The van der Waals surface area contributed by atoms with Gasteiger partial charge in [0.15, 0.2) is 5.11 Å². The molecule has 0 unspecified atom stereocenters. The second kappa shape index (κ2) is 8.10. The summed E-state index contributed by atoms with van der Waals surface area (Å²) in [5.74, 6) is -0.998. The summed E-state index contributed by atoms with van der Waals surface area (Å²) in [6, 6.07) is 10.9. The SMILES string of the molecule is COC(=O)c1cccc(C(=O)NC(=S)Nc2ccc(Cl)cc2Cl)c1. The summed E-state index contributed by atoms with van der Waals surface area (Å²) >= 11 is 16.9. The number of carbonyl (C=O) groups excluding carboxylic acids is 2. The van der Waals surface area contributed by atoms with E-state index in [0.717, 1.165) is 0 Å². The Morgan fingerprint density at radius 2 is 1.79 bits per heavy atom. The van der Waals surface area contributed by atoms with Gasteiger partial charge in [0.05, 0.1) is 23.4 Å². The first kappa shape index (κ1) is 18.2. The average Bonchev–Trinajstić information content (AvgIpc) is 2.56. The standard InChI is InChI=1S/C16H12Cl2N2O3S/c1-23-15(22)10-4-2-3-9(7-10)14(21)20-16(24)19-13-6-5-11(17)8-12(13)18/h2-8H,1H3,(H2,19,20,21,24). The van der Waals surface area contributed by atoms with Gasteiger partial charge in [-0.1, -0.05) is 29.3 Å². The lowest BCUT2D eigenvalue weighted by Gasteiger charge is -2.11. The van der Waals surface area contributed by atoms with Gasteiger partial charge in [-0.05, 0) is 48.6 Å². The van der Waals surface area contributed by atoms with E-state index in [4.69, 9.17) is 35.4 Å². The fraction of sp³-hybridized carbons (Fsp3) is 0.0625. The van der Waals surface area contributed by atoms with Gasteiger partial charge in [-0.15, -0.1) is 0 Å². The molecule has 0 aliphatic carbocycles. The Labute approximate surface area is 153 Å². The minimum Gasteiger partial charge on any atom is -0.465 e. The topological polar surface area (TPSA) is 67.4 Å². The van der Waals surface area contributed by atoms with E-state index in [0.29, 0.717) is 15.7 Å². The summed E-state index contributed by atoms with van der Waals surface area (Å²) < 4.78 is 4.62. The Balaban J connectivity index is 2.06. The zero-order valence-electron chi connectivity index (χ0n) is 12.4. The van der Waals surface area contributed by atoms with Crippen LogP contribution in [0.3, 0.4) is 0 Å². The third-order valence-corrected chi connectivity index (χ3v) is 3.70. The van der Waals surface area contributed by atoms with Crippen LogP contribution in [0.4, 0.5) is 5.69 Å². The molecule has 0 spiro atoms. The Morgan fingerprint density at radius 3 is 2.46 bits per heavy atom. The number of anilines is 1. The fourth-order valence-corrected chi connectivity index (χ4v) is 2.48. The number of carbonyl (C=O) groups is 2. The smallest absolute Gasteiger partial charge is 0.337 e. The molecule has 5 nitrogen and oxygen atoms in total. The summed E-state index contributed by atoms with van der Waals surface area (Å²) in [5, 5.41) is 6.23. The fourth-order valence-electron chi connectivity index (χ4n) is 1.82. The zero-order chi connectivity index (χ0) is 17.7. The van der Waals surface area contributed by atoms with Gasteiger partial charge in [0.2, 0.25) is 0 Å². The summed E-state index contributed by atoms with van der Waals surface area (Å²) in [7, 11) is 1.27. The maximum atomic E-state index is 12.2. The number of hydrogen-bond acceptors (Lipinski definition) is 4. The number of nitrogens with one attached hydrogen (secondary N) is 2. The molecule has 2 N–H and O–H groups in total. The molecule has 124 valence electrons. The van der Waals surface area contributed by atoms with Crippen LogP contribution in [-0.2, 0) is 4.74 Å². The van der Waals surface area contributed by atoms with Gasteiger partial charge in [-0.3, -0.25) is 10.1 Å². The largest absolute Gasteiger partial charge is 0.465 e. The molecular formula is C16H12Cl2N2O3S. The summed E-state index contributed by atoms with van der Waals surface area (Å²) in [6.45, 7) is 0. The van der Waals surface area contributed by atoms with Crippen molar-refractivity contribution in [2.45, 2.75) is 0 Å². The molecular weight excluding hydrogens is 371 g/mol. The molecule has 0 fully saturated rings. The first-order valence-corrected chi connectivity index (χ1v) is 7.83. The molecule has 0 aliphatic heterocycles. The summed E-state index contributed by atoms with van der Waals surface area (Å²) in [6.07, 6.45) is 0. The number of thiocarbonyl (C=S) groups is 1. The third-order valence-electron chi connectivity index (χ3n) is 2.95. The van der Waals surface area contributed by atoms with Crippen LogP contribution in [0, 0.1) is 0 Å². The van der Waals surface area contributed by atoms with Crippen LogP contribution in [0.25, 0.3) is 0 Å². The minimum atomic E-state index is -0.529. The second-order valence-corrected chi connectivity index (χ2v) is 5.86. The molecule has 0 aromatic heterocycles. The molecule has 2 aromatic carbocycles. The zero-order valence-corrected chi connectivity index (χ0v) is 14.8. The Hall–Kier alpha value is -2.15. The van der Waals surface area contributed by atoms with Crippen molar-refractivity contribution in [1.29, 1.82) is 0 Å². The number of hydrogen-bond donors (Lipinski definition) is 2. The third kappa shape index (κ3) is 4.67. The normalized spacial score (nSPS) is 9.96. The van der Waals surface area contributed by atoms with E-state index in [1.54, 1.807) is 36.4 Å². The van der Waals surface area contributed by atoms with Crippen LogP contribution in [0.15, 0.2) is 42.5 Å². The Morgan fingerprint density at radius 1 is 1.08 bits per heavy atom. The van der Waals surface area contributed by atoms with E-state index in [9.17, 15) is 9.59 Å². The second-order valence-electron chi connectivity index (χ2n) is 4.60. The molecule has 0 radical (unpaired) electrons. The van der Waals surface area contributed by atoms with Crippen molar-refractivity contribution in [2.75, 3.05) is 12.4 Å². The van der Waals surface area contributed by atoms with Gasteiger partial charge in [0, 0.05) is 10.6 Å². The molecule has 24 heavy (non-hydrogen) atoms. The van der Waals surface area contributed by atoms with Crippen molar-refractivity contribution >= 4 is 58.1 Å². The lowest BCUT2D eigenvalue weighted by molar-refractivity contribution is 0.0600. The van der Waals surface area contributed by atoms with Gasteiger partial charge < -0.3 is 10.1 Å². The van der Waals surface area contributed by atoms with E-state index in [-0.39, 0.29) is 16.2 Å². The van der Waals surface area contributed by atoms with Gasteiger partial charge in [-0.2, -0.15) is 0 Å². The molecule has 0 aliphatic rings. The number of rotatable bonds is 3. The highest BCUT2D eigenvalue weighted by Gasteiger charge is 2.12. The Bertz CT molecular complexity index is 812. The molecule has 0 atom stereocenters. The molecule has 2 aromatic rings. The van der Waals surface area contributed by atoms with Crippen molar-refractivity contribution in [2.24, 2.45) is 0 Å². The molecule has 8 heteroatoms. The molecule has 2 rings (SSSR count). The predicted octanol–water partition coefficient (Wildman–Crippen LogP) is 3.91. The van der Waals surface area contributed by atoms with Crippen LogP contribution in [0.5, 0.6) is 0 Å². The van der Waals surface area contributed by atoms with Gasteiger partial charge in [0.1, 0.15) is 0 Å². The molecule has 0 saturated heterocycles. The van der Waals surface area contributed by atoms with Crippen LogP contribution in [0.1, 0.15) is 20.7 Å². The number of methoxy groups -OCH3 is 1. The number of halogens is 2. The quantitative estimate of drug-likeness (QED) is 0.622. The lowest BCUT2D eigenvalue weighted by atomic mass is 10.1. The number of amides is 1. The molecule has 1 amide bonds. The first-order valence-electron chi connectivity index (χ1n) is 6.66. The summed E-state index contributed by atoms with van der Waals surface area (Å²) in [5.41, 5.74) is 1.05. The first-order chi connectivity index (χ1) is 11.4. The van der Waals surface area contributed by atoms with E-state index >= 15 is 0 Å². The van der Waals surface area contributed by atoms with Crippen molar-refractivity contribution in [3.63, 3.8) is 0 Å². The van der Waals surface area contributed by atoms with Crippen LogP contribution < -0.4 is 10.6 Å². The average molecular weight is 383 g/mol. The number of esters is 1. The van der Waals surface area contributed by atoms with Crippen LogP contribution in [-0.4, -0.2) is 24.1 Å². The summed E-state index contributed by atoms with van der Waals surface area (Å²) in [4.78, 5) is 23.7. The molecule has 0 heterocycles.